The Bertz CT molecular complexity index is 1230. The number of nitrogens with one attached hydrogen (secondary N) is 1. The summed E-state index contributed by atoms with van der Waals surface area (Å²) in [4.78, 5) is 17.2. The van der Waals surface area contributed by atoms with Crippen LogP contribution in [0.1, 0.15) is 48.4 Å². The van der Waals surface area contributed by atoms with Crippen molar-refractivity contribution in [2.45, 2.75) is 49.1 Å². The van der Waals surface area contributed by atoms with E-state index in [1.54, 1.807) is 30.6 Å². The fraction of sp³-hybridized carbons (Fsp3) is 0.391. The first kappa shape index (κ1) is 23.1. The maximum atomic E-state index is 13.1. The van der Waals surface area contributed by atoms with E-state index in [-0.39, 0.29) is 27.8 Å². The molecular weight excluding hydrogens is 476 g/mol. The first-order chi connectivity index (χ1) is 16.4. The van der Waals surface area contributed by atoms with Crippen molar-refractivity contribution in [1.29, 1.82) is 0 Å². The summed E-state index contributed by atoms with van der Waals surface area (Å²) in [7, 11) is -3.67. The van der Waals surface area contributed by atoms with Crippen molar-refractivity contribution in [1.82, 2.24) is 29.4 Å². The van der Waals surface area contributed by atoms with Gasteiger partial charge in [-0.05, 0) is 43.0 Å². The van der Waals surface area contributed by atoms with Crippen molar-refractivity contribution in [2.75, 3.05) is 13.1 Å². The van der Waals surface area contributed by atoms with Gasteiger partial charge < -0.3 is 14.4 Å². The van der Waals surface area contributed by atoms with E-state index < -0.39 is 10.4 Å². The number of carbonyl (C=O) groups is 1. The molecule has 9 nitrogen and oxygen atoms in total. The normalized spacial score (nSPS) is 20.6. The van der Waals surface area contributed by atoms with E-state index in [0.29, 0.717) is 45.3 Å². The number of rotatable bonds is 6. The summed E-state index contributed by atoms with van der Waals surface area (Å²) in [6, 6.07) is 9.90. The van der Waals surface area contributed by atoms with Crippen LogP contribution in [0, 0.1) is 0 Å². The summed E-state index contributed by atoms with van der Waals surface area (Å²) >= 11 is 6.14. The van der Waals surface area contributed by atoms with Crippen LogP contribution in [0.4, 0.5) is 0 Å². The Morgan fingerprint density at radius 2 is 1.94 bits per heavy atom. The van der Waals surface area contributed by atoms with Crippen LogP contribution in [0.3, 0.4) is 0 Å². The van der Waals surface area contributed by atoms with Crippen LogP contribution >= 0.6 is 11.6 Å². The van der Waals surface area contributed by atoms with Gasteiger partial charge in [-0.3, -0.25) is 9.78 Å². The average molecular weight is 501 g/mol. The number of hydrogen-bond acceptors (Lipinski definition) is 6. The molecule has 11 heteroatoms. The van der Waals surface area contributed by atoms with Gasteiger partial charge in [-0.1, -0.05) is 34.0 Å². The number of nitrogens with zero attached hydrogens (tertiary/aromatic N) is 5. The number of fused-ring (bicyclic) bond motifs is 1. The fourth-order valence-corrected chi connectivity index (χ4v) is 6.69. The number of aryl methyl sites for hydroxylation is 1. The van der Waals surface area contributed by atoms with Crippen molar-refractivity contribution in [3.63, 3.8) is 0 Å². The highest BCUT2D eigenvalue weighted by molar-refractivity contribution is 7.95. The zero-order valence-corrected chi connectivity index (χ0v) is 20.0. The van der Waals surface area contributed by atoms with Crippen LogP contribution in [0.5, 0.6) is 0 Å². The maximum absolute atomic E-state index is 13.1. The predicted octanol–water partition coefficient (Wildman–Crippen LogP) is 2.91. The lowest BCUT2D eigenvalue weighted by atomic mass is 9.97. The minimum atomic E-state index is -3.67. The minimum absolute atomic E-state index is 0.0330. The molecule has 4 heterocycles. The number of hydrogen-bond donors (Lipinski definition) is 1. The number of carbonyl (C=O) groups excluding carboxylic acids is 1. The van der Waals surface area contributed by atoms with Gasteiger partial charge in [0.1, 0.15) is 17.7 Å². The Labute approximate surface area is 203 Å². The van der Waals surface area contributed by atoms with Crippen molar-refractivity contribution in [2.24, 2.45) is 0 Å². The second-order valence-electron chi connectivity index (χ2n) is 8.59. The second-order valence-corrected chi connectivity index (χ2v) is 10.9. The number of amides is 1. The molecule has 1 saturated heterocycles. The molecule has 2 atom stereocenters. The molecule has 0 bridgehead atoms. The molecule has 0 aliphatic carbocycles. The molecule has 2 aliphatic heterocycles. The quantitative estimate of drug-likeness (QED) is 0.520. The number of piperidine rings is 1. The molecule has 1 N–H and O–H groups in total. The van der Waals surface area contributed by atoms with Gasteiger partial charge in [0.15, 0.2) is 15.3 Å². The van der Waals surface area contributed by atoms with Crippen LogP contribution in [0.25, 0.3) is 0 Å². The van der Waals surface area contributed by atoms with Crippen LogP contribution < -0.4 is 5.32 Å². The van der Waals surface area contributed by atoms with Crippen molar-refractivity contribution in [3.05, 3.63) is 71.0 Å². The highest BCUT2D eigenvalue weighted by Crippen LogP contribution is 2.37. The third kappa shape index (κ3) is 4.38. The van der Waals surface area contributed by atoms with E-state index in [2.05, 4.69) is 20.5 Å². The van der Waals surface area contributed by atoms with Gasteiger partial charge in [0.05, 0.1) is 5.02 Å². The zero-order chi connectivity index (χ0) is 23.7. The summed E-state index contributed by atoms with van der Waals surface area (Å²) in [5.41, 5.74) is 0.935. The smallest absolute Gasteiger partial charge is 0.243 e. The summed E-state index contributed by atoms with van der Waals surface area (Å²) in [6.07, 6.45) is 6.00. The zero-order valence-electron chi connectivity index (χ0n) is 18.5. The highest BCUT2D eigenvalue weighted by atomic mass is 35.5. The highest BCUT2D eigenvalue weighted by Gasteiger charge is 2.39. The van der Waals surface area contributed by atoms with Crippen LogP contribution in [0.15, 0.2) is 53.7 Å². The number of benzene rings is 1. The van der Waals surface area contributed by atoms with Crippen molar-refractivity contribution >= 4 is 27.9 Å². The Morgan fingerprint density at radius 3 is 2.68 bits per heavy atom. The number of sulfonamides is 1. The predicted molar refractivity (Wildman–Crippen MR) is 126 cm³/mol. The third-order valence-corrected chi connectivity index (χ3v) is 8.91. The Balaban J connectivity index is 1.27. The molecule has 0 spiro atoms. The van der Waals surface area contributed by atoms with E-state index in [4.69, 9.17) is 11.6 Å². The molecule has 1 aromatic carbocycles. The molecule has 1 amide bonds. The first-order valence-corrected chi connectivity index (χ1v) is 13.1. The fourth-order valence-electron chi connectivity index (χ4n) is 4.73. The number of pyridine rings is 1. The molecule has 2 aromatic heterocycles. The Hall–Kier alpha value is -2.66. The van der Waals surface area contributed by atoms with Gasteiger partial charge in [0.2, 0.25) is 5.91 Å². The Kier molecular flexibility index (Phi) is 6.48. The summed E-state index contributed by atoms with van der Waals surface area (Å²) in [6.45, 7) is 1.13. The lowest BCUT2D eigenvalue weighted by molar-refractivity contribution is -0.124. The Morgan fingerprint density at radius 1 is 1.15 bits per heavy atom. The third-order valence-electron chi connectivity index (χ3n) is 6.51. The molecule has 178 valence electrons. The number of halogens is 1. The number of aromatic nitrogens is 4. The van der Waals surface area contributed by atoms with Crippen LogP contribution in [-0.4, -0.2) is 47.6 Å². The van der Waals surface area contributed by atoms with Crippen molar-refractivity contribution in [3.8, 4) is 0 Å². The van der Waals surface area contributed by atoms with Gasteiger partial charge in [-0.15, -0.1) is 14.5 Å². The van der Waals surface area contributed by atoms with Crippen LogP contribution in [-0.2, 0) is 32.4 Å². The largest absolute Gasteiger partial charge is 0.593 e. The molecule has 34 heavy (non-hydrogen) atoms. The van der Waals surface area contributed by atoms with Crippen molar-refractivity contribution < 1.29 is 13.6 Å². The van der Waals surface area contributed by atoms with Gasteiger partial charge in [0.25, 0.3) is 0 Å². The van der Waals surface area contributed by atoms with Gasteiger partial charge >= 0.3 is 0 Å². The lowest BCUT2D eigenvalue weighted by Gasteiger charge is -2.33. The van der Waals surface area contributed by atoms with E-state index in [0.717, 1.165) is 17.2 Å². The van der Waals surface area contributed by atoms with E-state index in [1.807, 2.05) is 16.7 Å². The first-order valence-electron chi connectivity index (χ1n) is 11.3. The summed E-state index contributed by atoms with van der Waals surface area (Å²) in [5, 5.41) is 11.9. The molecule has 3 aromatic rings. The van der Waals surface area contributed by atoms with Gasteiger partial charge in [-0.25, -0.2) is 0 Å². The molecule has 1 fully saturated rings. The molecule has 2 unspecified atom stereocenters. The average Bonchev–Trinajstić information content (AvgIpc) is 3.46. The summed E-state index contributed by atoms with van der Waals surface area (Å²) in [5.74, 6) is 1.54. The SMILES string of the molecule is O=C(NCc1cccnc1)C1CCc2nnc(C3CCN([S+](=O)([O-])c4ccccc4Cl)CC3)n21. The second kappa shape index (κ2) is 9.53. The van der Waals surface area contributed by atoms with Gasteiger partial charge in [0, 0.05) is 44.4 Å². The molecule has 2 aliphatic rings. The molecule has 0 radical (unpaired) electrons. The molecular formula is C23H25ClN6O3S. The molecule has 5 rings (SSSR count). The monoisotopic (exact) mass is 500 g/mol. The standard InChI is InChI=1S/C23H25ClN6O3S/c24-18-5-1-2-6-20(18)34(32,33)29-12-9-17(10-13-29)22-28-27-21-8-7-19(30(21)22)23(31)26-15-16-4-3-11-25-14-16/h1-6,11,14,17,19H,7-10,12-13,15H2,(H-,26,31,32,33). The topological polar surface area (TPSA) is 116 Å². The summed E-state index contributed by atoms with van der Waals surface area (Å²) < 4.78 is 29.6. The molecule has 0 saturated carbocycles. The van der Waals surface area contributed by atoms with Crippen LogP contribution in [0.2, 0.25) is 5.02 Å². The maximum Gasteiger partial charge on any atom is 0.243 e. The minimum Gasteiger partial charge on any atom is -0.593 e. The lowest BCUT2D eigenvalue weighted by Crippen LogP contribution is -2.42. The van der Waals surface area contributed by atoms with E-state index >= 15 is 0 Å². The van der Waals surface area contributed by atoms with E-state index in [1.165, 1.54) is 10.4 Å². The van der Waals surface area contributed by atoms with E-state index in [9.17, 15) is 13.6 Å². The van der Waals surface area contributed by atoms with Gasteiger partial charge in [-0.2, -0.15) is 0 Å².